The SMILES string of the molecule is CCOC(C)(OC)C(C)(C)C. The second-order valence-corrected chi connectivity index (χ2v) is 3.83. The second kappa shape index (κ2) is 3.55. The van der Waals surface area contributed by atoms with Crippen molar-refractivity contribution in [2.75, 3.05) is 13.7 Å². The van der Waals surface area contributed by atoms with Crippen LogP contribution in [0.5, 0.6) is 0 Å². The molecule has 0 rings (SSSR count). The maximum Gasteiger partial charge on any atom is 0.169 e. The van der Waals surface area contributed by atoms with Crippen molar-refractivity contribution < 1.29 is 9.47 Å². The van der Waals surface area contributed by atoms with E-state index < -0.39 is 5.79 Å². The fourth-order valence-electron chi connectivity index (χ4n) is 0.857. The van der Waals surface area contributed by atoms with Crippen LogP contribution in [0.25, 0.3) is 0 Å². The molecule has 0 aromatic carbocycles. The molecular weight excluding hydrogens is 140 g/mol. The summed E-state index contributed by atoms with van der Waals surface area (Å²) in [6.45, 7) is 10.9. The Morgan fingerprint density at radius 2 is 1.55 bits per heavy atom. The molecule has 2 heteroatoms. The Hall–Kier alpha value is -0.0800. The molecule has 0 fully saturated rings. The van der Waals surface area contributed by atoms with Crippen molar-refractivity contribution >= 4 is 0 Å². The summed E-state index contributed by atoms with van der Waals surface area (Å²) in [6.07, 6.45) is 0. The third kappa shape index (κ3) is 2.46. The zero-order valence-corrected chi connectivity index (χ0v) is 8.52. The summed E-state index contributed by atoms with van der Waals surface area (Å²) in [7, 11) is 1.68. The highest BCUT2D eigenvalue weighted by molar-refractivity contribution is 4.78. The normalized spacial score (nSPS) is 18.0. The van der Waals surface area contributed by atoms with E-state index in [0.717, 1.165) is 0 Å². The van der Waals surface area contributed by atoms with Crippen LogP contribution >= 0.6 is 0 Å². The van der Waals surface area contributed by atoms with Gasteiger partial charge < -0.3 is 9.47 Å². The van der Waals surface area contributed by atoms with Gasteiger partial charge in [0.15, 0.2) is 5.79 Å². The Bertz CT molecular complexity index is 115. The first-order valence-electron chi connectivity index (χ1n) is 4.06. The molecule has 0 saturated carbocycles. The molecule has 11 heavy (non-hydrogen) atoms. The van der Waals surface area contributed by atoms with Crippen LogP contribution in [0.3, 0.4) is 0 Å². The van der Waals surface area contributed by atoms with E-state index in [1.807, 2.05) is 13.8 Å². The molecule has 0 saturated heterocycles. The molecule has 2 nitrogen and oxygen atoms in total. The van der Waals surface area contributed by atoms with Crippen LogP contribution in [0.15, 0.2) is 0 Å². The van der Waals surface area contributed by atoms with E-state index >= 15 is 0 Å². The number of rotatable bonds is 3. The molecule has 0 aliphatic rings. The molecule has 0 aromatic rings. The monoisotopic (exact) mass is 160 g/mol. The predicted molar refractivity (Wildman–Crippen MR) is 46.5 cm³/mol. The maximum absolute atomic E-state index is 5.52. The van der Waals surface area contributed by atoms with Crippen molar-refractivity contribution in [1.29, 1.82) is 0 Å². The van der Waals surface area contributed by atoms with Gasteiger partial charge in [0.05, 0.1) is 0 Å². The lowest BCUT2D eigenvalue weighted by Gasteiger charge is -2.39. The average molecular weight is 160 g/mol. The fourth-order valence-corrected chi connectivity index (χ4v) is 0.857. The third-order valence-corrected chi connectivity index (χ3v) is 2.17. The van der Waals surface area contributed by atoms with Gasteiger partial charge in [0.1, 0.15) is 0 Å². The van der Waals surface area contributed by atoms with Crippen LogP contribution in [0.2, 0.25) is 0 Å². The first-order chi connectivity index (χ1) is 4.87. The summed E-state index contributed by atoms with van der Waals surface area (Å²) in [5.74, 6) is -0.470. The molecule has 0 spiro atoms. The Kier molecular flexibility index (Phi) is 3.52. The molecule has 0 aliphatic heterocycles. The van der Waals surface area contributed by atoms with E-state index in [1.54, 1.807) is 7.11 Å². The molecule has 0 aliphatic carbocycles. The minimum Gasteiger partial charge on any atom is -0.353 e. The fraction of sp³-hybridized carbons (Fsp3) is 1.00. The summed E-state index contributed by atoms with van der Waals surface area (Å²) in [5.41, 5.74) is 0.0117. The van der Waals surface area contributed by atoms with Crippen LogP contribution in [-0.4, -0.2) is 19.5 Å². The summed E-state index contributed by atoms with van der Waals surface area (Å²) in [6, 6.07) is 0. The highest BCUT2D eigenvalue weighted by Crippen LogP contribution is 2.33. The summed E-state index contributed by atoms with van der Waals surface area (Å²) in [4.78, 5) is 0. The first kappa shape index (κ1) is 10.9. The molecular formula is C9H20O2. The van der Waals surface area contributed by atoms with Crippen LogP contribution < -0.4 is 0 Å². The Balaban J connectivity index is 4.33. The van der Waals surface area contributed by atoms with E-state index in [4.69, 9.17) is 9.47 Å². The third-order valence-electron chi connectivity index (χ3n) is 2.17. The van der Waals surface area contributed by atoms with Gasteiger partial charge in [-0.1, -0.05) is 20.8 Å². The molecule has 1 unspecified atom stereocenters. The van der Waals surface area contributed by atoms with Crippen molar-refractivity contribution in [2.45, 2.75) is 40.4 Å². The van der Waals surface area contributed by atoms with Crippen LogP contribution in [0.4, 0.5) is 0 Å². The lowest BCUT2D eigenvalue weighted by Crippen LogP contribution is -2.44. The van der Waals surface area contributed by atoms with Crippen molar-refractivity contribution in [2.24, 2.45) is 5.41 Å². The smallest absolute Gasteiger partial charge is 0.169 e. The van der Waals surface area contributed by atoms with Gasteiger partial charge in [0.25, 0.3) is 0 Å². The number of hydrogen-bond acceptors (Lipinski definition) is 2. The molecule has 68 valence electrons. The Morgan fingerprint density at radius 1 is 1.09 bits per heavy atom. The Morgan fingerprint density at radius 3 is 1.64 bits per heavy atom. The zero-order valence-electron chi connectivity index (χ0n) is 8.52. The van der Waals surface area contributed by atoms with Gasteiger partial charge in [-0.05, 0) is 13.8 Å². The first-order valence-corrected chi connectivity index (χ1v) is 4.06. The molecule has 0 amide bonds. The van der Waals surface area contributed by atoms with E-state index in [0.29, 0.717) is 6.61 Å². The van der Waals surface area contributed by atoms with Crippen molar-refractivity contribution in [3.05, 3.63) is 0 Å². The van der Waals surface area contributed by atoms with Crippen molar-refractivity contribution in [3.8, 4) is 0 Å². The highest BCUT2D eigenvalue weighted by atomic mass is 16.7. The molecule has 0 N–H and O–H groups in total. The zero-order chi connectivity index (χ0) is 9.12. The van der Waals surface area contributed by atoms with Crippen LogP contribution in [-0.2, 0) is 9.47 Å². The molecule has 0 aromatic heterocycles. The summed E-state index contributed by atoms with van der Waals surface area (Å²) in [5, 5.41) is 0. The molecule has 1 atom stereocenters. The second-order valence-electron chi connectivity index (χ2n) is 3.83. The largest absolute Gasteiger partial charge is 0.353 e. The summed E-state index contributed by atoms with van der Waals surface area (Å²) < 4.78 is 10.8. The summed E-state index contributed by atoms with van der Waals surface area (Å²) >= 11 is 0. The lowest BCUT2D eigenvalue weighted by atomic mass is 9.86. The standard InChI is InChI=1S/C9H20O2/c1-7-11-9(5,10-6)8(2,3)4/h7H2,1-6H3. The van der Waals surface area contributed by atoms with Gasteiger partial charge in [0, 0.05) is 19.1 Å². The molecule has 0 bridgehead atoms. The van der Waals surface area contributed by atoms with Gasteiger partial charge in [-0.3, -0.25) is 0 Å². The predicted octanol–water partition coefficient (Wildman–Crippen LogP) is 2.43. The number of ether oxygens (including phenoxy) is 2. The van der Waals surface area contributed by atoms with Gasteiger partial charge in [0.2, 0.25) is 0 Å². The van der Waals surface area contributed by atoms with Gasteiger partial charge in [-0.15, -0.1) is 0 Å². The van der Waals surface area contributed by atoms with Crippen LogP contribution in [0, 0.1) is 5.41 Å². The lowest BCUT2D eigenvalue weighted by molar-refractivity contribution is -0.262. The van der Waals surface area contributed by atoms with Crippen molar-refractivity contribution in [3.63, 3.8) is 0 Å². The van der Waals surface area contributed by atoms with Crippen LogP contribution in [0.1, 0.15) is 34.6 Å². The van der Waals surface area contributed by atoms with E-state index in [-0.39, 0.29) is 5.41 Å². The van der Waals surface area contributed by atoms with Gasteiger partial charge in [-0.25, -0.2) is 0 Å². The van der Waals surface area contributed by atoms with E-state index in [1.165, 1.54) is 0 Å². The number of methoxy groups -OCH3 is 1. The number of hydrogen-bond donors (Lipinski definition) is 0. The quantitative estimate of drug-likeness (QED) is 0.590. The van der Waals surface area contributed by atoms with E-state index in [2.05, 4.69) is 20.8 Å². The van der Waals surface area contributed by atoms with Crippen molar-refractivity contribution in [1.82, 2.24) is 0 Å². The topological polar surface area (TPSA) is 18.5 Å². The minimum absolute atomic E-state index is 0.0117. The maximum atomic E-state index is 5.52. The molecule has 0 heterocycles. The van der Waals surface area contributed by atoms with Gasteiger partial charge in [-0.2, -0.15) is 0 Å². The minimum atomic E-state index is -0.470. The average Bonchev–Trinajstić information content (AvgIpc) is 1.86. The Labute approximate surface area is 69.9 Å². The van der Waals surface area contributed by atoms with E-state index in [9.17, 15) is 0 Å². The molecule has 0 radical (unpaired) electrons. The van der Waals surface area contributed by atoms with Gasteiger partial charge >= 0.3 is 0 Å². The highest BCUT2D eigenvalue weighted by Gasteiger charge is 2.38.